The van der Waals surface area contributed by atoms with Crippen LogP contribution < -0.4 is 9.64 Å². The van der Waals surface area contributed by atoms with Crippen molar-refractivity contribution in [2.75, 3.05) is 11.5 Å². The van der Waals surface area contributed by atoms with Gasteiger partial charge in [0.15, 0.2) is 0 Å². The second kappa shape index (κ2) is 7.15. The molecule has 1 aliphatic carbocycles. The van der Waals surface area contributed by atoms with Gasteiger partial charge in [-0.1, -0.05) is 6.07 Å². The number of ether oxygens (including phenoxy) is 1. The minimum absolute atomic E-state index is 0.0274. The monoisotopic (exact) mass is 384 g/mol. The Morgan fingerprint density at radius 3 is 2.56 bits per heavy atom. The van der Waals surface area contributed by atoms with Crippen molar-refractivity contribution in [1.82, 2.24) is 4.90 Å². The summed E-state index contributed by atoms with van der Waals surface area (Å²) in [7, 11) is 0. The number of anilines is 1. The average molecular weight is 384 g/mol. The van der Waals surface area contributed by atoms with Crippen molar-refractivity contribution >= 4 is 34.7 Å². The number of carbonyl (C=O) groups excluding carboxylic acids is 3. The van der Waals surface area contributed by atoms with Crippen LogP contribution in [0.15, 0.2) is 41.8 Å². The molecule has 4 rings (SSSR count). The van der Waals surface area contributed by atoms with Crippen molar-refractivity contribution in [2.45, 2.75) is 38.3 Å². The van der Waals surface area contributed by atoms with Crippen molar-refractivity contribution in [1.29, 1.82) is 0 Å². The molecule has 27 heavy (non-hydrogen) atoms. The quantitative estimate of drug-likeness (QED) is 0.718. The Labute approximate surface area is 161 Å². The van der Waals surface area contributed by atoms with E-state index in [-0.39, 0.29) is 30.2 Å². The number of benzene rings is 1. The first kappa shape index (κ1) is 17.7. The van der Waals surface area contributed by atoms with E-state index in [0.717, 1.165) is 12.8 Å². The average Bonchev–Trinajstić information content (AvgIpc) is 3.24. The van der Waals surface area contributed by atoms with Crippen molar-refractivity contribution in [3.05, 3.63) is 46.7 Å². The second-order valence-electron chi connectivity index (χ2n) is 6.64. The summed E-state index contributed by atoms with van der Waals surface area (Å²) >= 11 is 1.35. The zero-order chi connectivity index (χ0) is 19.0. The van der Waals surface area contributed by atoms with Crippen LogP contribution >= 0.6 is 11.3 Å². The maximum atomic E-state index is 13.1. The van der Waals surface area contributed by atoms with Crippen LogP contribution in [-0.2, 0) is 9.59 Å². The Morgan fingerprint density at radius 1 is 1.22 bits per heavy atom. The Bertz CT molecular complexity index is 859. The molecule has 3 amide bonds. The molecular weight excluding hydrogens is 364 g/mol. The van der Waals surface area contributed by atoms with E-state index in [2.05, 4.69) is 0 Å². The van der Waals surface area contributed by atoms with Gasteiger partial charge in [-0.15, -0.1) is 11.3 Å². The third-order valence-electron chi connectivity index (χ3n) is 4.77. The van der Waals surface area contributed by atoms with Crippen LogP contribution in [0.4, 0.5) is 5.69 Å². The van der Waals surface area contributed by atoms with Gasteiger partial charge in [-0.25, -0.2) is 4.90 Å². The lowest BCUT2D eigenvalue weighted by molar-refractivity contribution is -0.122. The summed E-state index contributed by atoms with van der Waals surface area (Å²) in [6.45, 7) is 2.44. The smallest absolute Gasteiger partial charge is 0.264 e. The van der Waals surface area contributed by atoms with Crippen molar-refractivity contribution < 1.29 is 19.1 Å². The zero-order valence-corrected chi connectivity index (χ0v) is 15.8. The molecule has 0 spiro atoms. The minimum Gasteiger partial charge on any atom is -0.494 e. The van der Waals surface area contributed by atoms with E-state index in [1.807, 2.05) is 18.4 Å². The van der Waals surface area contributed by atoms with E-state index < -0.39 is 6.04 Å². The fourth-order valence-corrected chi connectivity index (χ4v) is 4.07. The number of rotatable bonds is 6. The summed E-state index contributed by atoms with van der Waals surface area (Å²) < 4.78 is 5.41. The maximum absolute atomic E-state index is 13.1. The Balaban J connectivity index is 1.58. The molecule has 2 aliphatic rings. The van der Waals surface area contributed by atoms with Crippen LogP contribution in [0.5, 0.6) is 5.75 Å². The highest BCUT2D eigenvalue weighted by Gasteiger charge is 2.49. The van der Waals surface area contributed by atoms with E-state index >= 15 is 0 Å². The van der Waals surface area contributed by atoms with Crippen LogP contribution in [0, 0.1) is 0 Å². The summed E-state index contributed by atoms with van der Waals surface area (Å²) in [6.07, 6.45) is 1.77. The molecule has 0 N–H and O–H groups in total. The molecule has 140 valence electrons. The largest absolute Gasteiger partial charge is 0.494 e. The van der Waals surface area contributed by atoms with Gasteiger partial charge in [-0.2, -0.15) is 0 Å². The number of imide groups is 1. The highest BCUT2D eigenvalue weighted by Crippen LogP contribution is 2.36. The standard InChI is InChI=1S/C20H20N2O4S/c1-2-26-15-9-7-14(8-10-15)22-18(23)12-16(19(22)24)21(13-5-6-13)20(25)17-4-3-11-27-17/h3-4,7-11,13,16H,2,5-6,12H2,1H3. The zero-order valence-electron chi connectivity index (χ0n) is 15.0. The molecule has 0 bridgehead atoms. The molecule has 2 aromatic rings. The number of hydrogen-bond donors (Lipinski definition) is 0. The SMILES string of the molecule is CCOc1ccc(N2C(=O)CC(N(C(=O)c3cccs3)C3CC3)C2=O)cc1. The molecule has 1 aliphatic heterocycles. The highest BCUT2D eigenvalue weighted by molar-refractivity contribution is 7.12. The first-order valence-corrected chi connectivity index (χ1v) is 9.94. The number of hydrogen-bond acceptors (Lipinski definition) is 5. The predicted octanol–water partition coefficient (Wildman–Crippen LogP) is 3.08. The number of amides is 3. The van der Waals surface area contributed by atoms with Crippen LogP contribution in [-0.4, -0.2) is 41.3 Å². The van der Waals surface area contributed by atoms with Gasteiger partial charge in [0.25, 0.3) is 11.8 Å². The Morgan fingerprint density at radius 2 is 1.96 bits per heavy atom. The first-order valence-electron chi connectivity index (χ1n) is 9.06. The lowest BCUT2D eigenvalue weighted by atomic mass is 10.2. The molecule has 7 heteroatoms. The molecule has 2 heterocycles. The molecule has 1 saturated heterocycles. The number of thiophene rings is 1. The molecule has 2 fully saturated rings. The third kappa shape index (κ3) is 3.35. The molecule has 1 aromatic heterocycles. The van der Waals surface area contributed by atoms with E-state index in [4.69, 9.17) is 4.74 Å². The summed E-state index contributed by atoms with van der Waals surface area (Å²) in [5, 5.41) is 1.84. The van der Waals surface area contributed by atoms with E-state index in [1.165, 1.54) is 16.2 Å². The molecule has 6 nitrogen and oxygen atoms in total. The van der Waals surface area contributed by atoms with Crippen molar-refractivity contribution in [2.24, 2.45) is 0 Å². The third-order valence-corrected chi connectivity index (χ3v) is 5.63. The fraction of sp³-hybridized carbons (Fsp3) is 0.350. The van der Waals surface area contributed by atoms with Gasteiger partial charge < -0.3 is 9.64 Å². The summed E-state index contributed by atoms with van der Waals surface area (Å²) in [6, 6.07) is 9.76. The van der Waals surface area contributed by atoms with Gasteiger partial charge in [0, 0.05) is 6.04 Å². The normalized spacial score (nSPS) is 19.4. The van der Waals surface area contributed by atoms with Crippen LogP contribution in [0.25, 0.3) is 0 Å². The van der Waals surface area contributed by atoms with Gasteiger partial charge in [0.2, 0.25) is 5.91 Å². The highest BCUT2D eigenvalue weighted by atomic mass is 32.1. The van der Waals surface area contributed by atoms with E-state index in [0.29, 0.717) is 22.9 Å². The van der Waals surface area contributed by atoms with Gasteiger partial charge in [0.05, 0.1) is 23.6 Å². The van der Waals surface area contributed by atoms with Gasteiger partial charge >= 0.3 is 0 Å². The summed E-state index contributed by atoms with van der Waals surface area (Å²) in [4.78, 5) is 42.0. The second-order valence-corrected chi connectivity index (χ2v) is 7.58. The Kier molecular flexibility index (Phi) is 4.70. The lowest BCUT2D eigenvalue weighted by Crippen LogP contribution is -2.46. The summed E-state index contributed by atoms with van der Waals surface area (Å²) in [5.41, 5.74) is 0.510. The topological polar surface area (TPSA) is 66.9 Å². The molecule has 1 saturated carbocycles. The molecule has 0 radical (unpaired) electrons. The molecule has 1 unspecified atom stereocenters. The van der Waals surface area contributed by atoms with Crippen molar-refractivity contribution in [3.8, 4) is 5.75 Å². The first-order chi connectivity index (χ1) is 13.1. The summed E-state index contributed by atoms with van der Waals surface area (Å²) in [5.74, 6) is -0.0867. The van der Waals surface area contributed by atoms with Gasteiger partial charge in [-0.05, 0) is 55.5 Å². The minimum atomic E-state index is -0.730. The Hall–Kier alpha value is -2.67. The van der Waals surface area contributed by atoms with Gasteiger partial charge in [-0.3, -0.25) is 14.4 Å². The fourth-order valence-electron chi connectivity index (χ4n) is 3.40. The van der Waals surface area contributed by atoms with Crippen LogP contribution in [0.2, 0.25) is 0 Å². The van der Waals surface area contributed by atoms with Crippen LogP contribution in [0.3, 0.4) is 0 Å². The van der Waals surface area contributed by atoms with E-state index in [1.54, 1.807) is 35.2 Å². The van der Waals surface area contributed by atoms with E-state index in [9.17, 15) is 14.4 Å². The predicted molar refractivity (Wildman–Crippen MR) is 102 cm³/mol. The van der Waals surface area contributed by atoms with Crippen molar-refractivity contribution in [3.63, 3.8) is 0 Å². The van der Waals surface area contributed by atoms with Gasteiger partial charge in [0.1, 0.15) is 11.8 Å². The maximum Gasteiger partial charge on any atom is 0.264 e. The number of carbonyl (C=O) groups is 3. The number of nitrogens with zero attached hydrogens (tertiary/aromatic N) is 2. The molecule has 1 atom stereocenters. The molecular formula is C20H20N2O4S. The molecule has 1 aromatic carbocycles. The lowest BCUT2D eigenvalue weighted by Gasteiger charge is -2.27. The van der Waals surface area contributed by atoms with Crippen LogP contribution in [0.1, 0.15) is 35.9 Å².